The minimum Gasteiger partial charge on any atom is -0.476 e. The van der Waals surface area contributed by atoms with Gasteiger partial charge in [0.05, 0.1) is 19.0 Å². The molecule has 3 heteroatoms. The zero-order valence-electron chi connectivity index (χ0n) is 7.73. The van der Waals surface area contributed by atoms with Gasteiger partial charge in [0.2, 0.25) is 5.90 Å². The molecule has 14 heavy (non-hydrogen) atoms. The second kappa shape index (κ2) is 3.93. The lowest BCUT2D eigenvalue weighted by atomic mass is 10.1. The Morgan fingerprint density at radius 2 is 2.29 bits per heavy atom. The monoisotopic (exact) mass is 186 g/mol. The second-order valence-electron chi connectivity index (χ2n) is 3.03. The quantitative estimate of drug-likeness (QED) is 0.703. The van der Waals surface area contributed by atoms with E-state index in [-0.39, 0.29) is 0 Å². The maximum absolute atomic E-state index is 8.66. The molecule has 0 saturated carbocycles. The van der Waals surface area contributed by atoms with Crippen LogP contribution in [-0.2, 0) is 11.2 Å². The van der Waals surface area contributed by atoms with Crippen LogP contribution in [0.15, 0.2) is 29.3 Å². The molecule has 1 aliphatic heterocycles. The molecule has 1 aliphatic rings. The smallest absolute Gasteiger partial charge is 0.216 e. The van der Waals surface area contributed by atoms with Crippen LogP contribution in [0.25, 0.3) is 0 Å². The van der Waals surface area contributed by atoms with Crippen LogP contribution in [0.4, 0.5) is 0 Å². The molecule has 0 unspecified atom stereocenters. The average molecular weight is 186 g/mol. The Morgan fingerprint density at radius 3 is 3.00 bits per heavy atom. The summed E-state index contributed by atoms with van der Waals surface area (Å²) >= 11 is 0. The summed E-state index contributed by atoms with van der Waals surface area (Å²) in [6, 6.07) is 9.87. The number of aliphatic imine (C=N–C) groups is 1. The van der Waals surface area contributed by atoms with Crippen molar-refractivity contribution in [1.29, 1.82) is 5.26 Å². The van der Waals surface area contributed by atoms with Gasteiger partial charge in [-0.3, -0.25) is 0 Å². The summed E-state index contributed by atoms with van der Waals surface area (Å²) < 4.78 is 5.37. The van der Waals surface area contributed by atoms with Gasteiger partial charge in [-0.25, -0.2) is 4.99 Å². The Hall–Kier alpha value is -1.82. The number of ether oxygens (including phenoxy) is 1. The van der Waals surface area contributed by atoms with Crippen LogP contribution in [0.1, 0.15) is 11.1 Å². The van der Waals surface area contributed by atoms with Crippen molar-refractivity contribution in [1.82, 2.24) is 0 Å². The normalized spacial score (nSPS) is 14.4. The molecule has 0 atom stereocenters. The molecule has 0 fully saturated rings. The van der Waals surface area contributed by atoms with Crippen molar-refractivity contribution in [3.8, 4) is 6.07 Å². The Morgan fingerprint density at radius 1 is 1.43 bits per heavy atom. The van der Waals surface area contributed by atoms with E-state index in [0.717, 1.165) is 17.7 Å². The van der Waals surface area contributed by atoms with Crippen molar-refractivity contribution in [2.75, 3.05) is 13.2 Å². The highest BCUT2D eigenvalue weighted by molar-refractivity contribution is 5.96. The van der Waals surface area contributed by atoms with Crippen molar-refractivity contribution in [3.05, 3.63) is 35.4 Å². The zero-order chi connectivity index (χ0) is 9.80. The maximum atomic E-state index is 8.66. The molecule has 0 bridgehead atoms. The van der Waals surface area contributed by atoms with Crippen LogP contribution in [0, 0.1) is 11.3 Å². The minimum atomic E-state index is 0.401. The van der Waals surface area contributed by atoms with Gasteiger partial charge in [-0.05, 0) is 11.6 Å². The van der Waals surface area contributed by atoms with Crippen molar-refractivity contribution in [2.24, 2.45) is 4.99 Å². The standard InChI is InChI=1S/C11H10N2O/c12-6-5-9-3-1-2-4-10(9)11-13-7-8-14-11/h1-4H,5,7-8H2. The van der Waals surface area contributed by atoms with Gasteiger partial charge < -0.3 is 4.74 Å². The number of benzene rings is 1. The maximum Gasteiger partial charge on any atom is 0.216 e. The predicted molar refractivity (Wildman–Crippen MR) is 53.1 cm³/mol. The Labute approximate surface area is 82.7 Å². The summed E-state index contributed by atoms with van der Waals surface area (Å²) in [4.78, 5) is 4.23. The fourth-order valence-corrected chi connectivity index (χ4v) is 1.47. The fourth-order valence-electron chi connectivity index (χ4n) is 1.47. The van der Waals surface area contributed by atoms with Gasteiger partial charge in [0.15, 0.2) is 0 Å². The van der Waals surface area contributed by atoms with Crippen LogP contribution in [0.3, 0.4) is 0 Å². The first kappa shape index (κ1) is 8.76. The highest BCUT2D eigenvalue weighted by Gasteiger charge is 2.13. The van der Waals surface area contributed by atoms with E-state index in [9.17, 15) is 0 Å². The van der Waals surface area contributed by atoms with E-state index < -0.39 is 0 Å². The molecule has 0 N–H and O–H groups in total. The largest absolute Gasteiger partial charge is 0.476 e. The van der Waals surface area contributed by atoms with E-state index in [1.54, 1.807) is 0 Å². The summed E-state index contributed by atoms with van der Waals surface area (Å²) in [5, 5.41) is 8.66. The fraction of sp³-hybridized carbons (Fsp3) is 0.273. The average Bonchev–Trinajstić information content (AvgIpc) is 2.72. The summed E-state index contributed by atoms with van der Waals surface area (Å²) in [5.41, 5.74) is 1.93. The molecule has 0 radical (unpaired) electrons. The number of nitriles is 1. The molecule has 3 nitrogen and oxygen atoms in total. The van der Waals surface area contributed by atoms with E-state index in [1.807, 2.05) is 24.3 Å². The van der Waals surface area contributed by atoms with Gasteiger partial charge in [-0.2, -0.15) is 5.26 Å². The molecule has 1 aromatic carbocycles. The van der Waals surface area contributed by atoms with Crippen molar-refractivity contribution >= 4 is 5.90 Å². The lowest BCUT2D eigenvalue weighted by Crippen LogP contribution is -2.04. The summed E-state index contributed by atoms with van der Waals surface area (Å²) in [5.74, 6) is 0.677. The van der Waals surface area contributed by atoms with Gasteiger partial charge in [-0.1, -0.05) is 18.2 Å². The molecule has 0 spiro atoms. The van der Waals surface area contributed by atoms with Crippen molar-refractivity contribution < 1.29 is 4.74 Å². The molecule has 0 saturated heterocycles. The number of rotatable bonds is 2. The van der Waals surface area contributed by atoms with Crippen molar-refractivity contribution in [2.45, 2.75) is 6.42 Å². The predicted octanol–water partition coefficient (Wildman–Crippen LogP) is 1.53. The summed E-state index contributed by atoms with van der Waals surface area (Å²) in [7, 11) is 0. The van der Waals surface area contributed by atoms with Crippen LogP contribution in [0.2, 0.25) is 0 Å². The van der Waals surface area contributed by atoms with Crippen molar-refractivity contribution in [3.63, 3.8) is 0 Å². The molecular formula is C11H10N2O. The Bertz CT molecular complexity index is 404. The van der Waals surface area contributed by atoms with Gasteiger partial charge in [0.1, 0.15) is 6.61 Å². The Kier molecular flexibility index (Phi) is 2.46. The van der Waals surface area contributed by atoms with Gasteiger partial charge in [0, 0.05) is 5.56 Å². The number of nitrogens with zero attached hydrogens (tertiary/aromatic N) is 2. The number of hydrogen-bond acceptors (Lipinski definition) is 3. The molecule has 0 aliphatic carbocycles. The highest BCUT2D eigenvalue weighted by atomic mass is 16.5. The topological polar surface area (TPSA) is 45.4 Å². The third kappa shape index (κ3) is 1.60. The van der Waals surface area contributed by atoms with Crippen LogP contribution >= 0.6 is 0 Å². The van der Waals surface area contributed by atoms with E-state index in [4.69, 9.17) is 10.00 Å². The Balaban J connectivity index is 2.36. The molecule has 1 aromatic rings. The molecule has 1 heterocycles. The van der Waals surface area contributed by atoms with E-state index in [0.29, 0.717) is 18.9 Å². The summed E-state index contributed by atoms with van der Waals surface area (Å²) in [6.45, 7) is 1.37. The molecule has 0 amide bonds. The summed E-state index contributed by atoms with van der Waals surface area (Å²) in [6.07, 6.45) is 0.401. The molecule has 70 valence electrons. The first-order valence-corrected chi connectivity index (χ1v) is 4.54. The zero-order valence-corrected chi connectivity index (χ0v) is 7.73. The SMILES string of the molecule is N#CCc1ccccc1C1=NCCO1. The van der Waals surface area contributed by atoms with Gasteiger partial charge in [0.25, 0.3) is 0 Å². The third-order valence-corrected chi connectivity index (χ3v) is 2.10. The third-order valence-electron chi connectivity index (χ3n) is 2.10. The van der Waals surface area contributed by atoms with E-state index in [1.165, 1.54) is 0 Å². The molecule has 2 rings (SSSR count). The van der Waals surface area contributed by atoms with E-state index in [2.05, 4.69) is 11.1 Å². The van der Waals surface area contributed by atoms with Gasteiger partial charge in [-0.15, -0.1) is 0 Å². The van der Waals surface area contributed by atoms with Crippen LogP contribution in [-0.4, -0.2) is 19.0 Å². The number of hydrogen-bond donors (Lipinski definition) is 0. The van der Waals surface area contributed by atoms with Gasteiger partial charge >= 0.3 is 0 Å². The van der Waals surface area contributed by atoms with Crippen LogP contribution < -0.4 is 0 Å². The first-order chi connectivity index (χ1) is 6.92. The molecule has 0 aromatic heterocycles. The van der Waals surface area contributed by atoms with E-state index >= 15 is 0 Å². The second-order valence-corrected chi connectivity index (χ2v) is 3.03. The van der Waals surface area contributed by atoms with Crippen LogP contribution in [0.5, 0.6) is 0 Å². The lowest BCUT2D eigenvalue weighted by molar-refractivity contribution is 0.348. The highest BCUT2D eigenvalue weighted by Crippen LogP contribution is 2.13. The molecular weight excluding hydrogens is 176 g/mol. The lowest BCUT2D eigenvalue weighted by Gasteiger charge is -2.05. The minimum absolute atomic E-state index is 0.401. The first-order valence-electron chi connectivity index (χ1n) is 4.54.